The minimum atomic E-state index is -4.51. The predicted molar refractivity (Wildman–Crippen MR) is 129 cm³/mol. The van der Waals surface area contributed by atoms with E-state index >= 15 is 0 Å². The van der Waals surface area contributed by atoms with E-state index in [-0.39, 0.29) is 36.8 Å². The zero-order valence-corrected chi connectivity index (χ0v) is 20.3. The monoisotopic (exact) mass is 518 g/mol. The second kappa shape index (κ2) is 9.51. The summed E-state index contributed by atoms with van der Waals surface area (Å²) >= 11 is 0. The van der Waals surface area contributed by atoms with Gasteiger partial charge in [-0.15, -0.1) is 10.2 Å². The molecule has 2 atom stereocenters. The van der Waals surface area contributed by atoms with Gasteiger partial charge < -0.3 is 15.2 Å². The van der Waals surface area contributed by atoms with Crippen LogP contribution in [0, 0.1) is 5.82 Å². The van der Waals surface area contributed by atoms with Crippen LogP contribution >= 0.6 is 0 Å². The highest BCUT2D eigenvalue weighted by Gasteiger charge is 2.48. The lowest BCUT2D eigenvalue weighted by molar-refractivity contribution is -0.184. The molecule has 4 aromatic rings. The zero-order chi connectivity index (χ0) is 26.4. The van der Waals surface area contributed by atoms with E-state index in [1.165, 1.54) is 46.9 Å². The minimum Gasteiger partial charge on any atom is -0.488 e. The van der Waals surface area contributed by atoms with Crippen molar-refractivity contribution >= 4 is 16.6 Å². The molecule has 3 aromatic heterocycles. The first kappa shape index (κ1) is 25.3. The number of ether oxygens (including phenoxy) is 2. The summed E-state index contributed by atoms with van der Waals surface area (Å²) in [5.74, 6) is -0.256. The summed E-state index contributed by atoms with van der Waals surface area (Å²) in [5, 5.41) is 8.80. The Balaban J connectivity index is 1.54. The Bertz CT molecular complexity index is 1440. The molecule has 8 nitrogen and oxygen atoms in total. The van der Waals surface area contributed by atoms with Crippen molar-refractivity contribution in [2.75, 3.05) is 33.4 Å². The van der Waals surface area contributed by atoms with Gasteiger partial charge in [0.15, 0.2) is 23.0 Å². The molecule has 0 spiro atoms. The first-order valence-corrected chi connectivity index (χ1v) is 11.7. The van der Waals surface area contributed by atoms with Gasteiger partial charge in [-0.3, -0.25) is 9.30 Å². The predicted octanol–water partition coefficient (Wildman–Crippen LogP) is 4.14. The molecular formula is C25H26F4N6O2. The van der Waals surface area contributed by atoms with E-state index in [9.17, 15) is 17.6 Å². The summed E-state index contributed by atoms with van der Waals surface area (Å²) in [6, 6.07) is 7.15. The molecule has 1 saturated heterocycles. The highest BCUT2D eigenvalue weighted by molar-refractivity contribution is 5.82. The maximum Gasteiger partial charge on any atom is 0.408 e. The fourth-order valence-electron chi connectivity index (χ4n) is 4.69. The van der Waals surface area contributed by atoms with Crippen LogP contribution in [0.4, 0.5) is 17.6 Å². The van der Waals surface area contributed by atoms with E-state index < -0.39 is 23.6 Å². The van der Waals surface area contributed by atoms with Gasteiger partial charge in [0.2, 0.25) is 0 Å². The van der Waals surface area contributed by atoms with Crippen molar-refractivity contribution in [3.63, 3.8) is 0 Å². The molecule has 0 saturated carbocycles. The summed E-state index contributed by atoms with van der Waals surface area (Å²) in [6.45, 7) is 2.58. The lowest BCUT2D eigenvalue weighted by atomic mass is 10.0. The van der Waals surface area contributed by atoms with Gasteiger partial charge in [0, 0.05) is 43.4 Å². The Morgan fingerprint density at radius 3 is 2.65 bits per heavy atom. The van der Waals surface area contributed by atoms with Crippen molar-refractivity contribution in [3.05, 3.63) is 54.0 Å². The smallest absolute Gasteiger partial charge is 0.408 e. The molecule has 0 bridgehead atoms. The molecule has 0 unspecified atom stereocenters. The van der Waals surface area contributed by atoms with Crippen molar-refractivity contribution < 1.29 is 27.0 Å². The van der Waals surface area contributed by atoms with Crippen LogP contribution in [-0.4, -0.2) is 69.6 Å². The number of halogens is 4. The van der Waals surface area contributed by atoms with E-state index in [2.05, 4.69) is 15.2 Å². The van der Waals surface area contributed by atoms with Crippen LogP contribution in [0.3, 0.4) is 0 Å². The number of likely N-dealkylation sites (tertiary alicyclic amines) is 1. The number of methoxy groups -OCH3 is 1. The molecule has 0 radical (unpaired) electrons. The van der Waals surface area contributed by atoms with Crippen LogP contribution < -0.4 is 10.5 Å². The van der Waals surface area contributed by atoms with E-state index in [4.69, 9.17) is 15.2 Å². The first-order chi connectivity index (χ1) is 17.6. The van der Waals surface area contributed by atoms with Crippen molar-refractivity contribution in [2.45, 2.75) is 31.1 Å². The average molecular weight is 519 g/mol. The molecule has 2 N–H and O–H groups in total. The third-order valence-electron chi connectivity index (χ3n) is 6.47. The Kier molecular flexibility index (Phi) is 6.50. The molecule has 0 aliphatic carbocycles. The van der Waals surface area contributed by atoms with Crippen LogP contribution in [0.15, 0.2) is 42.6 Å². The topological polar surface area (TPSA) is 90.8 Å². The van der Waals surface area contributed by atoms with Crippen LogP contribution in [0.25, 0.3) is 28.1 Å². The Labute approximate surface area is 210 Å². The number of alkyl halides is 3. The van der Waals surface area contributed by atoms with E-state index in [0.29, 0.717) is 35.3 Å². The number of aromatic nitrogens is 4. The molecular weight excluding hydrogens is 492 g/mol. The van der Waals surface area contributed by atoms with Gasteiger partial charge in [0.05, 0.1) is 12.1 Å². The lowest BCUT2D eigenvalue weighted by Gasteiger charge is -2.31. The van der Waals surface area contributed by atoms with Gasteiger partial charge in [-0.05, 0) is 37.1 Å². The largest absolute Gasteiger partial charge is 0.488 e. The Morgan fingerprint density at radius 1 is 1.14 bits per heavy atom. The maximum absolute atomic E-state index is 14.4. The fourth-order valence-corrected chi connectivity index (χ4v) is 4.69. The van der Waals surface area contributed by atoms with Crippen LogP contribution in [0.5, 0.6) is 5.75 Å². The van der Waals surface area contributed by atoms with Gasteiger partial charge in [0.25, 0.3) is 0 Å². The molecule has 1 aliphatic rings. The molecule has 12 heteroatoms. The second-order valence-electron chi connectivity index (χ2n) is 9.55. The van der Waals surface area contributed by atoms with E-state index in [1.807, 2.05) is 0 Å². The Morgan fingerprint density at radius 2 is 1.95 bits per heavy atom. The average Bonchev–Trinajstić information content (AvgIpc) is 3.41. The van der Waals surface area contributed by atoms with Crippen molar-refractivity contribution in [1.29, 1.82) is 0 Å². The molecule has 1 aliphatic heterocycles. The minimum absolute atomic E-state index is 0.0214. The van der Waals surface area contributed by atoms with E-state index in [0.717, 1.165) is 0 Å². The van der Waals surface area contributed by atoms with Crippen LogP contribution in [0.1, 0.15) is 24.9 Å². The van der Waals surface area contributed by atoms with Gasteiger partial charge in [-0.2, -0.15) is 13.2 Å². The van der Waals surface area contributed by atoms with Crippen molar-refractivity contribution in [1.82, 2.24) is 24.5 Å². The van der Waals surface area contributed by atoms with Crippen molar-refractivity contribution in [3.8, 4) is 17.3 Å². The van der Waals surface area contributed by atoms with E-state index in [1.54, 1.807) is 19.1 Å². The number of pyridine rings is 2. The molecule has 4 heterocycles. The van der Waals surface area contributed by atoms with Crippen LogP contribution in [-0.2, 0) is 4.74 Å². The van der Waals surface area contributed by atoms with Gasteiger partial charge in [-0.25, -0.2) is 9.37 Å². The quantitative estimate of drug-likeness (QED) is 0.291. The molecule has 1 fully saturated rings. The number of nitrogens with zero attached hydrogens (tertiary/aromatic N) is 5. The highest BCUT2D eigenvalue weighted by Crippen LogP contribution is 2.41. The number of hydrogen-bond donors (Lipinski definition) is 1. The highest BCUT2D eigenvalue weighted by atomic mass is 19.4. The molecule has 0 amide bonds. The molecule has 196 valence electrons. The normalized spacial score (nSPS) is 19.6. The third-order valence-corrected chi connectivity index (χ3v) is 6.47. The molecule has 37 heavy (non-hydrogen) atoms. The number of rotatable bonds is 7. The number of hydrogen-bond acceptors (Lipinski definition) is 7. The number of nitrogens with two attached hydrogens (primary N) is 1. The Hall–Kier alpha value is -3.35. The maximum atomic E-state index is 14.4. The summed E-state index contributed by atoms with van der Waals surface area (Å²) in [6.07, 6.45) is -2.64. The SMILES string of the molecule is COCCOc1cc2nc(-c3nnc4ccc([C@H](N5CC[C@](C)(N)C5)C(F)(F)F)cn34)ccc2cc1F. The van der Waals surface area contributed by atoms with Gasteiger partial charge >= 0.3 is 6.18 Å². The van der Waals surface area contributed by atoms with Gasteiger partial charge in [-0.1, -0.05) is 12.1 Å². The summed E-state index contributed by atoms with van der Waals surface area (Å²) in [7, 11) is 1.51. The second-order valence-corrected chi connectivity index (χ2v) is 9.55. The molecule has 5 rings (SSSR count). The number of fused-ring (bicyclic) bond motifs is 2. The summed E-state index contributed by atoms with van der Waals surface area (Å²) in [5.41, 5.74) is 6.66. The van der Waals surface area contributed by atoms with Gasteiger partial charge in [0.1, 0.15) is 18.3 Å². The number of benzene rings is 1. The summed E-state index contributed by atoms with van der Waals surface area (Å²) in [4.78, 5) is 5.93. The van der Waals surface area contributed by atoms with Crippen LogP contribution in [0.2, 0.25) is 0 Å². The standard InChI is InChI=1S/C25H26F4N6O2/c1-24(30)7-8-34(14-24)22(25(27,28)29)16-4-6-21-32-33-23(35(21)13-16)18-5-3-15-11-17(26)20(12-19(15)31-18)37-10-9-36-2/h3-6,11-13,22H,7-10,14,30H2,1-2H3/t22-,24-/m0/s1. The van der Waals surface area contributed by atoms with Crippen molar-refractivity contribution in [2.24, 2.45) is 5.73 Å². The lowest BCUT2D eigenvalue weighted by Crippen LogP contribution is -2.43. The molecule has 1 aromatic carbocycles. The summed E-state index contributed by atoms with van der Waals surface area (Å²) < 4.78 is 68.9. The first-order valence-electron chi connectivity index (χ1n) is 11.7. The fraction of sp³-hybridized carbons (Fsp3) is 0.400. The zero-order valence-electron chi connectivity index (χ0n) is 20.3. The third kappa shape index (κ3) is 5.09.